The number of phenols is 1. The molecular weight excluding hydrogens is 1400 g/mol. The molecule has 0 unspecified atom stereocenters. The molecule has 0 saturated carbocycles. The first-order valence-corrected chi connectivity index (χ1v) is 38.4. The van der Waals surface area contributed by atoms with Gasteiger partial charge in [0.1, 0.15) is 48.5 Å². The highest BCUT2D eigenvalue weighted by atomic mass is 35.5. The van der Waals surface area contributed by atoms with Gasteiger partial charge in [0.15, 0.2) is 0 Å². The minimum Gasteiger partial charge on any atom is -0.508 e. The fourth-order valence-electron chi connectivity index (χ4n) is 13.9. The molecule has 0 spiro atoms. The van der Waals surface area contributed by atoms with Crippen LogP contribution in [0.1, 0.15) is 92.7 Å². The number of carbonyl (C=O) groups excluding carboxylic acids is 1. The van der Waals surface area contributed by atoms with E-state index < -0.39 is 0 Å². The minimum atomic E-state index is -0.328. The number of aliphatic hydroxyl groups is 1. The van der Waals surface area contributed by atoms with Crippen LogP contribution < -0.4 is 14.2 Å². The molecule has 15 heteroatoms. The van der Waals surface area contributed by atoms with Gasteiger partial charge in [-0.25, -0.2) is 4.79 Å². The number of alkyl halides is 1. The lowest BCUT2D eigenvalue weighted by Gasteiger charge is -2.12. The summed E-state index contributed by atoms with van der Waals surface area (Å²) >= 11 is 5.55. The number of hydrogen-bond donors (Lipinski definition) is 2. The lowest BCUT2D eigenvalue weighted by molar-refractivity contribution is 0.0517. The van der Waals surface area contributed by atoms with Crippen molar-refractivity contribution in [2.75, 3.05) is 46.3 Å². The van der Waals surface area contributed by atoms with Gasteiger partial charge in [-0.2, -0.15) is 0 Å². The molecular formula is C96H98ClN5O9. The van der Waals surface area contributed by atoms with Crippen LogP contribution in [0.15, 0.2) is 285 Å². The minimum absolute atomic E-state index is 0.0000137. The summed E-state index contributed by atoms with van der Waals surface area (Å²) in [6, 6.07) is 95.3. The number of carbonyl (C=O) groups is 1. The molecule has 1 fully saturated rings. The number of fused-ring (bicyclic) bond motifs is 4. The van der Waals surface area contributed by atoms with Gasteiger partial charge in [-0.05, 0) is 260 Å². The van der Waals surface area contributed by atoms with Crippen LogP contribution in [0.2, 0.25) is 0 Å². The summed E-state index contributed by atoms with van der Waals surface area (Å²) < 4.78 is 42.1. The number of esters is 1. The van der Waals surface area contributed by atoms with E-state index in [1.165, 1.54) is 65.5 Å². The van der Waals surface area contributed by atoms with Gasteiger partial charge in [0.25, 0.3) is 0 Å². The second-order valence-electron chi connectivity index (χ2n) is 27.7. The largest absolute Gasteiger partial charge is 0.508 e. The van der Waals surface area contributed by atoms with E-state index in [9.17, 15) is 15.0 Å². The standard InChI is InChI=1S/C25H23NO3.C24H23NO2.C23H21NO2.C17H17NO2.C7H14ClN/c1-3-28-25(27)24-16-20-15-18(2)9-14-23(20)26(24)21-10-12-22(13-11-21)29-17-19-7-5-4-6-8-19;1-18-8-13-24-20(14-18)15-22(17-26-2)25(24)21-9-11-23(12-10-21)27-16-19-6-4-3-5-7-19;1-17-7-12-23-19(13-17)14-21(15-25)24(23)20-8-10-22(11-9-20)26-16-18-5-3-2-4-6-18;1-12-3-8-17-13(9-12)10-15(11-20-2)18(17)14-4-6-16(19)7-5-14;8-4-3-7-9-5-1-2-6-9/h4-16H,3,17H2,1-2H3;3-15H,16-17H2,1-2H3;2-14,25H,15-16H2,1H3;3-10,19H,11H2,1-2H3;1-7H2. The highest BCUT2D eigenvalue weighted by molar-refractivity contribution is 6.17. The van der Waals surface area contributed by atoms with Crippen molar-refractivity contribution >= 4 is 61.2 Å². The van der Waals surface area contributed by atoms with Crippen LogP contribution >= 0.6 is 11.6 Å². The van der Waals surface area contributed by atoms with E-state index in [1.807, 2.05) is 182 Å². The Morgan fingerprint density at radius 2 is 0.730 bits per heavy atom. The molecule has 1 aliphatic heterocycles. The van der Waals surface area contributed by atoms with Crippen molar-refractivity contribution in [3.8, 4) is 45.7 Å². The van der Waals surface area contributed by atoms with Crippen LogP contribution in [-0.4, -0.2) is 85.7 Å². The third kappa shape index (κ3) is 20.8. The zero-order valence-electron chi connectivity index (χ0n) is 64.4. The molecule has 16 rings (SSSR count). The van der Waals surface area contributed by atoms with Crippen LogP contribution in [0.4, 0.5) is 0 Å². The van der Waals surface area contributed by atoms with E-state index in [-0.39, 0.29) is 18.3 Å². The van der Waals surface area contributed by atoms with Gasteiger partial charge >= 0.3 is 5.97 Å². The summed E-state index contributed by atoms with van der Waals surface area (Å²) in [5.41, 5.74) is 20.3. The normalized spacial score (nSPS) is 11.8. The molecule has 0 amide bonds. The second-order valence-corrected chi connectivity index (χ2v) is 28.1. The molecule has 2 N–H and O–H groups in total. The number of methoxy groups -OCH3 is 2. The number of ether oxygens (including phenoxy) is 6. The maximum atomic E-state index is 12.6. The highest BCUT2D eigenvalue weighted by Crippen LogP contribution is 2.33. The highest BCUT2D eigenvalue weighted by Gasteiger charge is 2.20. The molecule has 4 aromatic heterocycles. The van der Waals surface area contributed by atoms with Gasteiger partial charge in [0.05, 0.1) is 48.5 Å². The van der Waals surface area contributed by atoms with Crippen molar-refractivity contribution in [2.24, 2.45) is 0 Å². The number of rotatable bonds is 23. The first kappa shape index (κ1) is 78.9. The Morgan fingerprint density at radius 1 is 0.396 bits per heavy atom. The van der Waals surface area contributed by atoms with Crippen LogP contribution in [-0.2, 0) is 53.9 Å². The molecule has 0 radical (unpaired) electrons. The van der Waals surface area contributed by atoms with E-state index in [1.54, 1.807) is 26.4 Å². The summed E-state index contributed by atoms with van der Waals surface area (Å²) in [7, 11) is 3.43. The fraction of sp³-hybridized carbons (Fsp3) is 0.219. The quantitative estimate of drug-likeness (QED) is 0.0471. The van der Waals surface area contributed by atoms with E-state index in [2.05, 4.69) is 149 Å². The summed E-state index contributed by atoms with van der Waals surface area (Å²) in [5.74, 6) is 3.23. The monoisotopic (exact) mass is 1500 g/mol. The van der Waals surface area contributed by atoms with Crippen LogP contribution in [0.5, 0.6) is 23.0 Å². The van der Waals surface area contributed by atoms with Gasteiger partial charge in [-0.1, -0.05) is 138 Å². The summed E-state index contributed by atoms with van der Waals surface area (Å²) in [4.78, 5) is 15.0. The Balaban J connectivity index is 0.000000133. The Hall–Kier alpha value is -11.6. The van der Waals surface area contributed by atoms with E-state index in [0.29, 0.717) is 45.3 Å². The summed E-state index contributed by atoms with van der Waals surface area (Å²) in [6.07, 6.45) is 3.94. The van der Waals surface area contributed by atoms with Gasteiger partial charge in [0.2, 0.25) is 0 Å². The number of phenolic OH excluding ortho intramolecular Hbond substituents is 1. The third-order valence-electron chi connectivity index (χ3n) is 19.2. The zero-order chi connectivity index (χ0) is 77.4. The zero-order valence-corrected chi connectivity index (χ0v) is 65.2. The molecule has 15 aromatic rings. The maximum absolute atomic E-state index is 12.6. The SMILES string of the molecule is CCOC(=O)c1cc2cc(C)ccc2n1-c1ccc(OCc2ccccc2)cc1.COCc1cc2cc(C)ccc2n1-c1ccc(O)cc1.COCc1cc2cc(C)ccc2n1-c1ccc(OCc2ccccc2)cc1.Cc1ccc2c(c1)cc(CO)n2-c1ccc(OCc2ccccc2)cc1.ClCCCN1CCCC1. The Bertz CT molecular complexity index is 5440. The number of nitrogens with zero attached hydrogens (tertiary/aromatic N) is 5. The average Bonchev–Trinajstić information content (AvgIpc) is 1.65. The molecule has 0 aliphatic carbocycles. The van der Waals surface area contributed by atoms with Gasteiger partial charge in [0, 0.05) is 81.5 Å². The number of hydrogen-bond acceptors (Lipinski definition) is 10. The molecule has 5 heterocycles. The molecule has 0 bridgehead atoms. The van der Waals surface area contributed by atoms with Crippen molar-refractivity contribution < 1.29 is 43.4 Å². The third-order valence-corrected chi connectivity index (χ3v) is 19.5. The molecule has 11 aromatic carbocycles. The number of aryl methyl sites for hydroxylation is 4. The van der Waals surface area contributed by atoms with Crippen LogP contribution in [0.25, 0.3) is 66.4 Å². The lowest BCUT2D eigenvalue weighted by atomic mass is 10.2. The van der Waals surface area contributed by atoms with Crippen molar-refractivity contribution in [1.29, 1.82) is 0 Å². The molecule has 568 valence electrons. The van der Waals surface area contributed by atoms with E-state index in [4.69, 9.17) is 40.0 Å². The number of halogens is 1. The predicted octanol–water partition coefficient (Wildman–Crippen LogP) is 21.9. The Kier molecular flexibility index (Phi) is 27.8. The van der Waals surface area contributed by atoms with E-state index in [0.717, 1.165) is 119 Å². The molecule has 1 aliphatic rings. The van der Waals surface area contributed by atoms with Crippen molar-refractivity contribution in [3.63, 3.8) is 0 Å². The first-order chi connectivity index (χ1) is 54.3. The number of aromatic nitrogens is 4. The summed E-state index contributed by atoms with van der Waals surface area (Å²) in [6.45, 7) is 17.0. The van der Waals surface area contributed by atoms with Gasteiger partial charge in [-0.3, -0.25) is 0 Å². The molecule has 1 saturated heterocycles. The first-order valence-electron chi connectivity index (χ1n) is 37.9. The van der Waals surface area contributed by atoms with Crippen molar-refractivity contribution in [3.05, 3.63) is 347 Å². The summed E-state index contributed by atoms with van der Waals surface area (Å²) in [5, 5.41) is 23.8. The fourth-order valence-corrected chi connectivity index (χ4v) is 14.0. The maximum Gasteiger partial charge on any atom is 0.355 e. The Labute approximate surface area is 656 Å². The van der Waals surface area contributed by atoms with Gasteiger partial charge < -0.3 is 61.8 Å². The lowest BCUT2D eigenvalue weighted by Crippen LogP contribution is -2.20. The number of benzene rings is 11. The molecule has 111 heavy (non-hydrogen) atoms. The average molecular weight is 1500 g/mol. The molecule has 14 nitrogen and oxygen atoms in total. The number of aromatic hydroxyl groups is 1. The topological polar surface area (TPSA) is 136 Å². The van der Waals surface area contributed by atoms with E-state index >= 15 is 0 Å². The van der Waals surface area contributed by atoms with Crippen molar-refractivity contribution in [2.45, 2.75) is 93.5 Å². The van der Waals surface area contributed by atoms with Gasteiger partial charge in [-0.15, -0.1) is 11.6 Å². The van der Waals surface area contributed by atoms with Crippen LogP contribution in [0.3, 0.4) is 0 Å². The van der Waals surface area contributed by atoms with Crippen LogP contribution in [0, 0.1) is 27.7 Å². The molecule has 0 atom stereocenters. The number of likely N-dealkylation sites (tertiary alicyclic amines) is 1. The van der Waals surface area contributed by atoms with Crippen molar-refractivity contribution in [1.82, 2.24) is 23.2 Å². The predicted molar refractivity (Wildman–Crippen MR) is 450 cm³/mol. The number of aliphatic hydroxyl groups excluding tert-OH is 1. The Morgan fingerprint density at radius 3 is 1.08 bits per heavy atom. The smallest absolute Gasteiger partial charge is 0.355 e. The second kappa shape index (κ2) is 39.1.